The molecule has 0 radical (unpaired) electrons. The molecule has 0 unspecified atom stereocenters. The Hall–Kier alpha value is -3.75. The van der Waals surface area contributed by atoms with E-state index in [9.17, 15) is 14.4 Å². The highest BCUT2D eigenvalue weighted by molar-refractivity contribution is 5.97. The zero-order chi connectivity index (χ0) is 20.7. The van der Waals surface area contributed by atoms with Crippen LogP contribution in [0.2, 0.25) is 0 Å². The molecule has 2 aliphatic rings. The molecular formula is C20H19N3O6. The number of aromatic nitrogens is 2. The Morgan fingerprint density at radius 1 is 1.28 bits per heavy atom. The van der Waals surface area contributed by atoms with Crippen molar-refractivity contribution in [3.05, 3.63) is 74.1 Å². The second-order valence-electron chi connectivity index (χ2n) is 6.56. The maximum Gasteiger partial charge on any atom is 0.337 e. The average molecular weight is 397 g/mol. The van der Waals surface area contributed by atoms with Crippen molar-refractivity contribution in [2.45, 2.75) is 12.5 Å². The first kappa shape index (κ1) is 18.6. The summed E-state index contributed by atoms with van der Waals surface area (Å²) in [5.74, 6) is -0.0394. The minimum absolute atomic E-state index is 0.0193. The molecule has 1 aromatic heterocycles. The van der Waals surface area contributed by atoms with E-state index in [1.165, 1.54) is 18.8 Å². The number of aromatic amines is 1. The molecule has 3 heterocycles. The zero-order valence-electron chi connectivity index (χ0n) is 15.9. The van der Waals surface area contributed by atoms with Crippen LogP contribution < -0.4 is 26.0 Å². The van der Waals surface area contributed by atoms with Crippen LogP contribution in [-0.2, 0) is 16.1 Å². The minimum Gasteiger partial charge on any atom is -0.497 e. The van der Waals surface area contributed by atoms with Gasteiger partial charge in [-0.05, 0) is 18.2 Å². The number of hydrogen-bond donors (Lipinski definition) is 2. The van der Waals surface area contributed by atoms with Crippen LogP contribution in [0.4, 0.5) is 5.82 Å². The van der Waals surface area contributed by atoms with Gasteiger partial charge in [-0.3, -0.25) is 14.3 Å². The Balaban J connectivity index is 2.08. The van der Waals surface area contributed by atoms with Crippen molar-refractivity contribution in [2.75, 3.05) is 26.1 Å². The van der Waals surface area contributed by atoms with Gasteiger partial charge in [0.25, 0.3) is 5.56 Å². The molecule has 2 N–H and O–H groups in total. The predicted octanol–water partition coefficient (Wildman–Crippen LogP) is 1.11. The lowest BCUT2D eigenvalue weighted by molar-refractivity contribution is -0.136. The summed E-state index contributed by atoms with van der Waals surface area (Å²) < 4.78 is 17.4. The van der Waals surface area contributed by atoms with Crippen LogP contribution in [0.3, 0.4) is 0 Å². The van der Waals surface area contributed by atoms with Gasteiger partial charge in [0.05, 0.1) is 37.0 Å². The summed E-state index contributed by atoms with van der Waals surface area (Å²) in [6.45, 7) is 3.86. The van der Waals surface area contributed by atoms with E-state index in [0.717, 1.165) is 0 Å². The summed E-state index contributed by atoms with van der Waals surface area (Å²) in [5, 5.41) is 3.05. The van der Waals surface area contributed by atoms with Crippen LogP contribution in [0.5, 0.6) is 11.5 Å². The van der Waals surface area contributed by atoms with Gasteiger partial charge in [-0.1, -0.05) is 6.08 Å². The number of cyclic esters (lactones) is 1. The van der Waals surface area contributed by atoms with Crippen molar-refractivity contribution in [3.63, 3.8) is 0 Å². The fourth-order valence-electron chi connectivity index (χ4n) is 3.77. The molecular weight excluding hydrogens is 378 g/mol. The number of carbonyl (C=O) groups is 1. The van der Waals surface area contributed by atoms with E-state index in [-0.39, 0.29) is 18.7 Å². The highest BCUT2D eigenvalue weighted by Gasteiger charge is 2.42. The summed E-state index contributed by atoms with van der Waals surface area (Å²) in [5.41, 5.74) is 0.398. The smallest absolute Gasteiger partial charge is 0.337 e. The number of esters is 1. The van der Waals surface area contributed by atoms with E-state index in [0.29, 0.717) is 34.2 Å². The van der Waals surface area contributed by atoms with Crippen LogP contribution in [-0.4, -0.2) is 36.3 Å². The first-order valence-electron chi connectivity index (χ1n) is 8.87. The molecule has 1 atom stereocenters. The zero-order valence-corrected chi connectivity index (χ0v) is 15.9. The van der Waals surface area contributed by atoms with E-state index in [2.05, 4.69) is 16.9 Å². The number of carbonyl (C=O) groups excluding carboxylic acids is 1. The second-order valence-corrected chi connectivity index (χ2v) is 6.56. The third kappa shape index (κ3) is 2.82. The normalized spacial score (nSPS) is 17.2. The summed E-state index contributed by atoms with van der Waals surface area (Å²) in [6.07, 6.45) is 1.54. The van der Waals surface area contributed by atoms with Crippen molar-refractivity contribution < 1.29 is 19.0 Å². The maximum absolute atomic E-state index is 12.9. The largest absolute Gasteiger partial charge is 0.497 e. The van der Waals surface area contributed by atoms with Gasteiger partial charge in [-0.15, -0.1) is 6.58 Å². The number of benzene rings is 1. The lowest BCUT2D eigenvalue weighted by Gasteiger charge is -2.28. The molecule has 150 valence electrons. The number of H-pyrrole nitrogens is 1. The topological polar surface area (TPSA) is 112 Å². The number of allylic oxidation sites excluding steroid dienone is 1. The quantitative estimate of drug-likeness (QED) is 0.574. The molecule has 2 aliphatic heterocycles. The first-order valence-corrected chi connectivity index (χ1v) is 8.87. The van der Waals surface area contributed by atoms with Gasteiger partial charge in [0.2, 0.25) is 0 Å². The molecule has 4 rings (SSSR count). The molecule has 9 nitrogen and oxygen atoms in total. The van der Waals surface area contributed by atoms with E-state index in [1.807, 2.05) is 0 Å². The first-order chi connectivity index (χ1) is 14.0. The average Bonchev–Trinajstić information content (AvgIpc) is 3.09. The van der Waals surface area contributed by atoms with E-state index >= 15 is 0 Å². The molecule has 0 saturated heterocycles. The monoisotopic (exact) mass is 397 g/mol. The fraction of sp³-hybridized carbons (Fsp3) is 0.250. The number of nitrogens with zero attached hydrogens (tertiary/aromatic N) is 1. The Bertz CT molecular complexity index is 1170. The fourth-order valence-corrected chi connectivity index (χ4v) is 3.77. The lowest BCUT2D eigenvalue weighted by atomic mass is 9.82. The molecule has 1 aromatic carbocycles. The van der Waals surface area contributed by atoms with Crippen LogP contribution in [0, 0.1) is 0 Å². The van der Waals surface area contributed by atoms with Crippen molar-refractivity contribution >= 4 is 11.8 Å². The van der Waals surface area contributed by atoms with Gasteiger partial charge in [-0.2, -0.15) is 0 Å². The molecule has 0 aliphatic carbocycles. The van der Waals surface area contributed by atoms with Gasteiger partial charge in [0, 0.05) is 12.1 Å². The molecule has 29 heavy (non-hydrogen) atoms. The highest BCUT2D eigenvalue weighted by atomic mass is 16.5. The Morgan fingerprint density at radius 3 is 2.76 bits per heavy atom. The summed E-state index contributed by atoms with van der Waals surface area (Å²) in [4.78, 5) is 40.2. The molecule has 0 fully saturated rings. The number of methoxy groups -OCH3 is 2. The Labute approximate surface area is 165 Å². The standard InChI is InChI=1S/C20H19N3O6/c1-4-7-23-17-16(18(24)22-20(23)26)14(15-12(21-17)9-29-19(15)25)11-8-10(27-2)5-6-13(11)28-3/h4-6,8,14,21H,1,7,9H2,2-3H3,(H,22,24,26)/t14-/m1/s1. The Morgan fingerprint density at radius 2 is 2.07 bits per heavy atom. The third-order valence-corrected chi connectivity index (χ3v) is 5.03. The van der Waals surface area contributed by atoms with Gasteiger partial charge >= 0.3 is 11.7 Å². The maximum atomic E-state index is 12.9. The van der Waals surface area contributed by atoms with Crippen molar-refractivity contribution in [2.24, 2.45) is 0 Å². The van der Waals surface area contributed by atoms with Crippen LogP contribution in [0.15, 0.2) is 51.7 Å². The highest BCUT2D eigenvalue weighted by Crippen LogP contribution is 2.45. The molecule has 9 heteroatoms. The predicted molar refractivity (Wildman–Crippen MR) is 105 cm³/mol. The molecule has 0 saturated carbocycles. The molecule has 0 bridgehead atoms. The van der Waals surface area contributed by atoms with Crippen molar-refractivity contribution in [1.82, 2.24) is 9.55 Å². The minimum atomic E-state index is -0.804. The lowest BCUT2D eigenvalue weighted by Crippen LogP contribution is -2.38. The van der Waals surface area contributed by atoms with E-state index in [4.69, 9.17) is 14.2 Å². The van der Waals surface area contributed by atoms with Gasteiger partial charge in [0.15, 0.2) is 0 Å². The number of ether oxygens (including phenoxy) is 3. The van der Waals surface area contributed by atoms with Gasteiger partial charge in [0.1, 0.15) is 23.9 Å². The molecule has 0 amide bonds. The number of hydrogen-bond acceptors (Lipinski definition) is 7. The summed E-state index contributed by atoms with van der Waals surface area (Å²) in [7, 11) is 3.02. The van der Waals surface area contributed by atoms with Crippen LogP contribution in [0.25, 0.3) is 0 Å². The van der Waals surface area contributed by atoms with Crippen molar-refractivity contribution in [1.29, 1.82) is 0 Å². The number of anilines is 1. The molecule has 2 aromatic rings. The van der Waals surface area contributed by atoms with Crippen LogP contribution in [0.1, 0.15) is 17.0 Å². The second kappa shape index (κ2) is 7.01. The van der Waals surface area contributed by atoms with Gasteiger partial charge < -0.3 is 19.5 Å². The summed E-state index contributed by atoms with van der Waals surface area (Å²) >= 11 is 0. The SMILES string of the molecule is C=CCn1c2c(c(=O)[nH]c1=O)[C@H](c1cc(OC)ccc1OC)C1=C(COC1=O)N2. The number of nitrogens with one attached hydrogen (secondary N) is 2. The van der Waals surface area contributed by atoms with Gasteiger partial charge in [-0.25, -0.2) is 9.59 Å². The third-order valence-electron chi connectivity index (χ3n) is 5.03. The molecule has 0 spiro atoms. The van der Waals surface area contributed by atoms with E-state index in [1.54, 1.807) is 24.3 Å². The van der Waals surface area contributed by atoms with E-state index < -0.39 is 23.1 Å². The Kier molecular flexibility index (Phi) is 4.50. The summed E-state index contributed by atoms with van der Waals surface area (Å²) in [6, 6.07) is 5.12. The number of rotatable bonds is 5. The van der Waals surface area contributed by atoms with Crippen LogP contribution >= 0.6 is 0 Å². The van der Waals surface area contributed by atoms with Crippen molar-refractivity contribution in [3.8, 4) is 11.5 Å². The number of fused-ring (bicyclic) bond motifs is 1.